The lowest BCUT2D eigenvalue weighted by Crippen LogP contribution is -2.45. The fourth-order valence-corrected chi connectivity index (χ4v) is 6.42. The Labute approximate surface area is 111 Å². The Morgan fingerprint density at radius 1 is 0.556 bits per heavy atom. The van der Waals surface area contributed by atoms with Crippen molar-refractivity contribution in [3.8, 4) is 0 Å². The van der Waals surface area contributed by atoms with Crippen molar-refractivity contribution >= 4 is 0 Å². The lowest BCUT2D eigenvalue weighted by atomic mass is 9.53. The molecule has 4 fully saturated rings. The molecule has 102 valence electrons. The molecule has 0 radical (unpaired) electrons. The van der Waals surface area contributed by atoms with Gasteiger partial charge in [-0.2, -0.15) is 0 Å². The average molecular weight is 248 g/mol. The first-order valence-electron chi connectivity index (χ1n) is 8.51. The number of aliphatic hydroxyl groups excluding tert-OH is 1. The summed E-state index contributed by atoms with van der Waals surface area (Å²) < 4.78 is 0. The number of hydrogen-bond acceptors (Lipinski definition) is 1. The van der Waals surface area contributed by atoms with Crippen LogP contribution in [0.25, 0.3) is 0 Å². The average Bonchev–Trinajstić information content (AvgIpc) is 2.86. The molecule has 4 aliphatic rings. The van der Waals surface area contributed by atoms with Crippen molar-refractivity contribution in [2.24, 2.45) is 35.5 Å². The van der Waals surface area contributed by atoms with Crippen molar-refractivity contribution in [1.82, 2.24) is 0 Å². The van der Waals surface area contributed by atoms with Crippen LogP contribution in [0.3, 0.4) is 0 Å². The Morgan fingerprint density at radius 3 is 2.06 bits per heavy atom. The van der Waals surface area contributed by atoms with Gasteiger partial charge in [0.25, 0.3) is 0 Å². The van der Waals surface area contributed by atoms with Crippen LogP contribution in [0.2, 0.25) is 0 Å². The van der Waals surface area contributed by atoms with Crippen molar-refractivity contribution in [1.29, 1.82) is 0 Å². The maximum atomic E-state index is 10.0. The highest BCUT2D eigenvalue weighted by atomic mass is 16.3. The summed E-state index contributed by atoms with van der Waals surface area (Å²) in [6.45, 7) is 0. The van der Waals surface area contributed by atoms with Gasteiger partial charge in [-0.05, 0) is 86.9 Å². The van der Waals surface area contributed by atoms with E-state index in [2.05, 4.69) is 0 Å². The molecule has 0 aromatic carbocycles. The molecule has 1 unspecified atom stereocenters. The van der Waals surface area contributed by atoms with Crippen LogP contribution >= 0.6 is 0 Å². The van der Waals surface area contributed by atoms with Gasteiger partial charge in [0.2, 0.25) is 0 Å². The SMILES string of the molecule is O[C@@H]1CCC2CC[C@H]3[C@@H]4CCC[C@H]4CC[C@@H]3[C@H]2C1. The summed E-state index contributed by atoms with van der Waals surface area (Å²) in [6.07, 6.45) is 14.2. The second-order valence-electron chi connectivity index (χ2n) is 7.73. The molecule has 0 saturated heterocycles. The van der Waals surface area contributed by atoms with E-state index in [0.29, 0.717) is 0 Å². The smallest absolute Gasteiger partial charge is 0.0543 e. The molecule has 0 heterocycles. The Bertz CT molecular complexity index is 311. The lowest BCUT2D eigenvalue weighted by molar-refractivity contribution is -0.0486. The zero-order valence-electron chi connectivity index (χ0n) is 11.6. The topological polar surface area (TPSA) is 20.2 Å². The highest BCUT2D eigenvalue weighted by Gasteiger charge is 2.49. The second-order valence-corrected chi connectivity index (χ2v) is 7.73. The minimum atomic E-state index is 0.0336. The zero-order valence-corrected chi connectivity index (χ0v) is 11.6. The van der Waals surface area contributed by atoms with E-state index < -0.39 is 0 Å². The molecule has 4 saturated carbocycles. The number of aliphatic hydroxyl groups is 1. The first kappa shape index (κ1) is 11.8. The van der Waals surface area contributed by atoms with E-state index in [-0.39, 0.29) is 6.10 Å². The Morgan fingerprint density at radius 2 is 1.22 bits per heavy atom. The summed E-state index contributed by atoms with van der Waals surface area (Å²) in [6, 6.07) is 0. The standard InChI is InChI=1S/C17H28O/c18-13-7-4-12-6-8-15-14-3-1-2-11(14)5-9-16(15)17(12)10-13/h11-18H,1-10H2/t11-,12?,13+,14+,15-,16-,17-/m0/s1. The third-order valence-electron chi connectivity index (χ3n) is 7.13. The van der Waals surface area contributed by atoms with Gasteiger partial charge < -0.3 is 5.11 Å². The summed E-state index contributed by atoms with van der Waals surface area (Å²) in [7, 11) is 0. The molecule has 1 nitrogen and oxygen atoms in total. The molecule has 0 aliphatic heterocycles. The molecule has 7 atom stereocenters. The minimum Gasteiger partial charge on any atom is -0.393 e. The van der Waals surface area contributed by atoms with Crippen LogP contribution in [-0.2, 0) is 0 Å². The van der Waals surface area contributed by atoms with Crippen LogP contribution in [0, 0.1) is 35.5 Å². The van der Waals surface area contributed by atoms with E-state index in [9.17, 15) is 5.11 Å². The van der Waals surface area contributed by atoms with Crippen LogP contribution in [0.1, 0.15) is 64.2 Å². The molecule has 0 bridgehead atoms. The third kappa shape index (κ3) is 1.77. The second kappa shape index (κ2) is 4.51. The van der Waals surface area contributed by atoms with Crippen LogP contribution in [-0.4, -0.2) is 11.2 Å². The Hall–Kier alpha value is -0.0400. The van der Waals surface area contributed by atoms with Gasteiger partial charge in [0.1, 0.15) is 0 Å². The fourth-order valence-electron chi connectivity index (χ4n) is 6.42. The van der Waals surface area contributed by atoms with Crippen LogP contribution in [0.5, 0.6) is 0 Å². The van der Waals surface area contributed by atoms with Gasteiger partial charge in [-0.3, -0.25) is 0 Å². The van der Waals surface area contributed by atoms with Crippen molar-refractivity contribution in [2.45, 2.75) is 70.3 Å². The number of fused-ring (bicyclic) bond motifs is 5. The van der Waals surface area contributed by atoms with Gasteiger partial charge in [0.15, 0.2) is 0 Å². The number of rotatable bonds is 0. The Balaban J connectivity index is 1.55. The van der Waals surface area contributed by atoms with Gasteiger partial charge in [-0.1, -0.05) is 12.8 Å². The predicted molar refractivity (Wildman–Crippen MR) is 73.1 cm³/mol. The minimum absolute atomic E-state index is 0.0336. The highest BCUT2D eigenvalue weighted by Crippen LogP contribution is 2.57. The quantitative estimate of drug-likeness (QED) is 0.687. The fraction of sp³-hybridized carbons (Fsp3) is 1.00. The first-order chi connectivity index (χ1) is 8.83. The van der Waals surface area contributed by atoms with Crippen molar-refractivity contribution in [3.05, 3.63) is 0 Å². The highest BCUT2D eigenvalue weighted by molar-refractivity contribution is 4.99. The molecule has 4 aliphatic carbocycles. The van der Waals surface area contributed by atoms with Crippen molar-refractivity contribution in [3.63, 3.8) is 0 Å². The van der Waals surface area contributed by atoms with Gasteiger partial charge >= 0.3 is 0 Å². The summed E-state index contributed by atoms with van der Waals surface area (Å²) in [5, 5.41) is 10.0. The molecular weight excluding hydrogens is 220 g/mol. The van der Waals surface area contributed by atoms with Crippen LogP contribution in [0.15, 0.2) is 0 Å². The summed E-state index contributed by atoms with van der Waals surface area (Å²) in [5.41, 5.74) is 0. The Kier molecular flexibility index (Phi) is 2.94. The van der Waals surface area contributed by atoms with Crippen LogP contribution in [0.4, 0.5) is 0 Å². The monoisotopic (exact) mass is 248 g/mol. The number of hydrogen-bond donors (Lipinski definition) is 1. The summed E-state index contributed by atoms with van der Waals surface area (Å²) in [5.74, 6) is 6.11. The zero-order chi connectivity index (χ0) is 12.1. The van der Waals surface area contributed by atoms with Gasteiger partial charge in [0, 0.05) is 0 Å². The molecule has 0 spiro atoms. The molecule has 1 heteroatoms. The van der Waals surface area contributed by atoms with Gasteiger partial charge in [-0.15, -0.1) is 0 Å². The molecule has 4 rings (SSSR count). The normalized spacial score (nSPS) is 55.5. The molecular formula is C17H28O. The van der Waals surface area contributed by atoms with Gasteiger partial charge in [-0.25, -0.2) is 0 Å². The van der Waals surface area contributed by atoms with Crippen molar-refractivity contribution in [2.75, 3.05) is 0 Å². The molecule has 0 aromatic heterocycles. The molecule has 0 aromatic rings. The first-order valence-corrected chi connectivity index (χ1v) is 8.51. The van der Waals surface area contributed by atoms with E-state index in [1.54, 1.807) is 0 Å². The maximum Gasteiger partial charge on any atom is 0.0543 e. The maximum absolute atomic E-state index is 10.0. The van der Waals surface area contributed by atoms with E-state index >= 15 is 0 Å². The molecule has 0 amide bonds. The van der Waals surface area contributed by atoms with E-state index in [0.717, 1.165) is 48.3 Å². The summed E-state index contributed by atoms with van der Waals surface area (Å²) in [4.78, 5) is 0. The van der Waals surface area contributed by atoms with E-state index in [1.165, 1.54) is 51.4 Å². The van der Waals surface area contributed by atoms with Crippen LogP contribution < -0.4 is 0 Å². The predicted octanol–water partition coefficient (Wildman–Crippen LogP) is 4.00. The van der Waals surface area contributed by atoms with Gasteiger partial charge in [0.05, 0.1) is 6.10 Å². The van der Waals surface area contributed by atoms with Crippen molar-refractivity contribution < 1.29 is 5.11 Å². The summed E-state index contributed by atoms with van der Waals surface area (Å²) >= 11 is 0. The van der Waals surface area contributed by atoms with E-state index in [1.807, 2.05) is 0 Å². The molecule has 18 heavy (non-hydrogen) atoms. The third-order valence-corrected chi connectivity index (χ3v) is 7.13. The molecule has 1 N–H and O–H groups in total. The van der Waals surface area contributed by atoms with E-state index in [4.69, 9.17) is 0 Å². The lowest BCUT2D eigenvalue weighted by Gasteiger charge is -2.52. The largest absolute Gasteiger partial charge is 0.393 e.